The molecule has 4 atom stereocenters. The molecule has 3 fully saturated rings. The topological polar surface area (TPSA) is 187 Å². The number of fused-ring (bicyclic) bond motifs is 2. The van der Waals surface area contributed by atoms with Gasteiger partial charge < -0.3 is 20.3 Å². The van der Waals surface area contributed by atoms with E-state index in [0.717, 1.165) is 19.3 Å². The van der Waals surface area contributed by atoms with Gasteiger partial charge in [0.25, 0.3) is 5.91 Å². The summed E-state index contributed by atoms with van der Waals surface area (Å²) in [5.41, 5.74) is -1.66. The van der Waals surface area contributed by atoms with Crippen LogP contribution in [0.1, 0.15) is 84.1 Å². The van der Waals surface area contributed by atoms with Crippen molar-refractivity contribution in [3.05, 3.63) is 29.8 Å². The molecule has 0 spiro atoms. The lowest BCUT2D eigenvalue weighted by molar-refractivity contribution is -0.141. The summed E-state index contributed by atoms with van der Waals surface area (Å²) in [6, 6.07) is 5.90. The molecule has 4 rings (SSSR count). The highest BCUT2D eigenvalue weighted by Gasteiger charge is 2.62. The molecule has 3 aliphatic rings. The lowest BCUT2D eigenvalue weighted by atomic mass is 10.0. The number of alkyl carbamates (subject to hydrolysis) is 1. The van der Waals surface area contributed by atoms with Gasteiger partial charge in [-0.3, -0.25) is 19.1 Å². The first-order valence-electron chi connectivity index (χ1n) is 14.7. The number of nitriles is 1. The molecule has 14 heteroatoms. The average Bonchev–Trinajstić information content (AvgIpc) is 3.38. The molecule has 1 aromatic carbocycles. The quantitative estimate of drug-likeness (QED) is 0.388. The van der Waals surface area contributed by atoms with E-state index in [1.807, 2.05) is 6.07 Å². The fourth-order valence-electron chi connectivity index (χ4n) is 5.78. The molecule has 2 saturated heterocycles. The third-order valence-corrected chi connectivity index (χ3v) is 8.93. The summed E-state index contributed by atoms with van der Waals surface area (Å²) in [6.45, 7) is 5.51. The van der Waals surface area contributed by atoms with Gasteiger partial charge in [-0.25, -0.2) is 9.52 Å². The first kappa shape index (κ1) is 32.1. The van der Waals surface area contributed by atoms with Crippen LogP contribution in [0.2, 0.25) is 0 Å². The Balaban J connectivity index is 1.50. The third kappa shape index (κ3) is 8.16. The molecule has 0 aromatic heterocycles. The molecule has 43 heavy (non-hydrogen) atoms. The first-order valence-corrected chi connectivity index (χ1v) is 16.2. The highest BCUT2D eigenvalue weighted by Crippen LogP contribution is 2.47. The maximum atomic E-state index is 13.6. The van der Waals surface area contributed by atoms with Crippen molar-refractivity contribution < 1.29 is 32.3 Å². The molecule has 2 aliphatic heterocycles. The van der Waals surface area contributed by atoms with Crippen LogP contribution in [0, 0.1) is 17.2 Å². The largest absolute Gasteiger partial charge is 0.444 e. The minimum Gasteiger partial charge on any atom is -0.444 e. The zero-order valence-corrected chi connectivity index (χ0v) is 25.6. The Kier molecular flexibility index (Phi) is 9.54. The zero-order chi connectivity index (χ0) is 31.4. The van der Waals surface area contributed by atoms with Gasteiger partial charge in [0, 0.05) is 6.54 Å². The molecule has 2 heterocycles. The van der Waals surface area contributed by atoms with Crippen LogP contribution in [0.4, 0.5) is 10.5 Å². The van der Waals surface area contributed by atoms with E-state index >= 15 is 0 Å². The maximum Gasteiger partial charge on any atom is 0.408 e. The Labute approximate surface area is 252 Å². The number of ether oxygens (including phenoxy) is 1. The van der Waals surface area contributed by atoms with Gasteiger partial charge in [0.2, 0.25) is 11.8 Å². The van der Waals surface area contributed by atoms with Gasteiger partial charge >= 0.3 is 16.3 Å². The van der Waals surface area contributed by atoms with Gasteiger partial charge in [-0.2, -0.15) is 13.7 Å². The highest BCUT2D eigenvalue weighted by molar-refractivity contribution is 7.91. The zero-order valence-electron chi connectivity index (χ0n) is 24.8. The van der Waals surface area contributed by atoms with Crippen LogP contribution in [0.25, 0.3) is 0 Å². The van der Waals surface area contributed by atoms with Crippen molar-refractivity contribution in [3.63, 3.8) is 0 Å². The maximum absolute atomic E-state index is 13.6. The molecule has 13 nitrogen and oxygen atoms in total. The number of carbonyl (C=O) groups is 4. The number of nitrogens with zero attached hydrogens (tertiary/aromatic N) is 2. The summed E-state index contributed by atoms with van der Waals surface area (Å²) in [5, 5.41) is 14.5. The van der Waals surface area contributed by atoms with Crippen LogP contribution < -0.4 is 20.1 Å². The standard InChI is InChI=1S/C29H40N6O7S/c1-28(2,3)42-27(39)31-22-10-7-5-4-6-9-20-17-29(20,32-24(36)23-11-8-16-35(23)25(22)37)26(38)34-43(40,41)33-21-14-12-19(18-30)13-15-21/h12-15,20,22-23,33H,4-11,16-17H2,1-3H3,(H,31,39)(H,32,36)(H,34,38)/t20-,22+,23+,29-/m1/s1. The third-order valence-electron chi connectivity index (χ3n) is 7.97. The highest BCUT2D eigenvalue weighted by atomic mass is 32.2. The van der Waals surface area contributed by atoms with Gasteiger partial charge in [-0.15, -0.1) is 0 Å². The van der Waals surface area contributed by atoms with Crippen LogP contribution >= 0.6 is 0 Å². The van der Waals surface area contributed by atoms with Crippen LogP contribution in [0.3, 0.4) is 0 Å². The Hall–Kier alpha value is -3.86. The van der Waals surface area contributed by atoms with Crippen LogP contribution in [0.15, 0.2) is 24.3 Å². The van der Waals surface area contributed by atoms with E-state index in [9.17, 15) is 27.6 Å². The lowest BCUT2D eigenvalue weighted by Crippen LogP contribution is -2.58. The summed E-state index contributed by atoms with van der Waals surface area (Å²) < 4.78 is 35.3. The predicted molar refractivity (Wildman–Crippen MR) is 156 cm³/mol. The molecular formula is C29H40N6O7S. The predicted octanol–water partition coefficient (Wildman–Crippen LogP) is 2.44. The second-order valence-corrected chi connectivity index (χ2v) is 13.9. The molecule has 1 aromatic rings. The molecule has 4 N–H and O–H groups in total. The number of carbonyl (C=O) groups excluding carboxylic acids is 4. The number of hydrogen-bond donors (Lipinski definition) is 4. The summed E-state index contributed by atoms with van der Waals surface area (Å²) in [4.78, 5) is 54.7. The van der Waals surface area contributed by atoms with Crippen molar-refractivity contribution >= 4 is 39.7 Å². The fourth-order valence-corrected chi connectivity index (χ4v) is 6.70. The molecule has 4 amide bonds. The average molecular weight is 617 g/mol. The number of nitrogens with one attached hydrogen (secondary N) is 4. The van der Waals surface area contributed by atoms with Crippen molar-refractivity contribution in [3.8, 4) is 6.07 Å². The van der Waals surface area contributed by atoms with E-state index in [1.165, 1.54) is 29.2 Å². The Morgan fingerprint density at radius 3 is 2.37 bits per heavy atom. The molecule has 1 saturated carbocycles. The van der Waals surface area contributed by atoms with Gasteiger partial charge in [0.05, 0.1) is 17.3 Å². The van der Waals surface area contributed by atoms with Crippen molar-refractivity contribution in [2.45, 2.75) is 102 Å². The minimum atomic E-state index is -4.35. The molecule has 1 aliphatic carbocycles. The number of anilines is 1. The summed E-state index contributed by atoms with van der Waals surface area (Å²) in [7, 11) is -4.35. The van der Waals surface area contributed by atoms with Crippen LogP contribution in [-0.4, -0.2) is 66.9 Å². The molecule has 234 valence electrons. The molecular weight excluding hydrogens is 576 g/mol. The second kappa shape index (κ2) is 12.8. The van der Waals surface area contributed by atoms with Crippen molar-refractivity contribution in [1.29, 1.82) is 5.26 Å². The number of amides is 4. The smallest absolute Gasteiger partial charge is 0.408 e. The number of benzene rings is 1. The Morgan fingerprint density at radius 1 is 1.05 bits per heavy atom. The summed E-state index contributed by atoms with van der Waals surface area (Å²) >= 11 is 0. The normalized spacial score (nSPS) is 26.5. The van der Waals surface area contributed by atoms with E-state index in [1.54, 1.807) is 20.8 Å². The van der Waals surface area contributed by atoms with Gasteiger partial charge in [-0.1, -0.05) is 25.7 Å². The summed E-state index contributed by atoms with van der Waals surface area (Å²) in [5.74, 6) is -2.02. The van der Waals surface area contributed by atoms with Gasteiger partial charge in [-0.05, 0) is 83.1 Å². The van der Waals surface area contributed by atoms with E-state index in [-0.39, 0.29) is 23.9 Å². The molecule has 0 radical (unpaired) electrons. The van der Waals surface area contributed by atoms with Crippen molar-refractivity contribution in [2.24, 2.45) is 5.92 Å². The lowest BCUT2D eigenvalue weighted by Gasteiger charge is -2.31. The van der Waals surface area contributed by atoms with E-state index in [0.29, 0.717) is 44.2 Å². The fraction of sp³-hybridized carbons (Fsp3) is 0.621. The van der Waals surface area contributed by atoms with Crippen LogP contribution in [-0.2, 0) is 29.3 Å². The number of hydrogen-bond acceptors (Lipinski definition) is 8. The van der Waals surface area contributed by atoms with E-state index < -0.39 is 51.3 Å². The first-order chi connectivity index (χ1) is 20.2. The van der Waals surface area contributed by atoms with E-state index in [2.05, 4.69) is 20.1 Å². The van der Waals surface area contributed by atoms with Crippen LogP contribution in [0.5, 0.6) is 0 Å². The Bertz CT molecular complexity index is 1390. The Morgan fingerprint density at radius 2 is 1.72 bits per heavy atom. The van der Waals surface area contributed by atoms with Gasteiger partial charge in [0.1, 0.15) is 23.2 Å². The summed E-state index contributed by atoms with van der Waals surface area (Å²) in [6.07, 6.45) is 4.55. The minimum absolute atomic E-state index is 0.161. The van der Waals surface area contributed by atoms with E-state index in [4.69, 9.17) is 10.00 Å². The molecule has 0 bridgehead atoms. The monoisotopic (exact) mass is 616 g/mol. The van der Waals surface area contributed by atoms with Crippen molar-refractivity contribution in [1.82, 2.24) is 20.3 Å². The second-order valence-electron chi connectivity index (χ2n) is 12.5. The number of rotatable bonds is 5. The molecule has 0 unspecified atom stereocenters. The van der Waals surface area contributed by atoms with Crippen molar-refractivity contribution in [2.75, 3.05) is 11.3 Å². The SMILES string of the molecule is CC(C)(C)OC(=O)N[C@H]1CCCCCC[C@@H]2C[C@@]2(C(=O)NS(=O)(=O)Nc2ccc(C#N)cc2)NC(=O)[C@@H]2CCCN2C1=O. The van der Waals surface area contributed by atoms with Gasteiger partial charge in [0.15, 0.2) is 0 Å².